The van der Waals surface area contributed by atoms with Crippen LogP contribution < -0.4 is 5.32 Å². The van der Waals surface area contributed by atoms with Crippen molar-refractivity contribution in [2.75, 3.05) is 6.54 Å². The van der Waals surface area contributed by atoms with Crippen LogP contribution in [0.15, 0.2) is 24.3 Å². The molecule has 0 spiro atoms. The number of aliphatic carboxylic acids is 1. The minimum absolute atomic E-state index is 0.220. The maximum atomic E-state index is 11.3. The van der Waals surface area contributed by atoms with E-state index in [-0.39, 0.29) is 18.9 Å². The third-order valence-corrected chi connectivity index (χ3v) is 2.23. The molecule has 16 heavy (non-hydrogen) atoms. The van der Waals surface area contributed by atoms with Gasteiger partial charge in [0.2, 0.25) is 5.91 Å². The summed E-state index contributed by atoms with van der Waals surface area (Å²) in [6.07, 6.45) is 1.18. The van der Waals surface area contributed by atoms with Crippen LogP contribution in [0.1, 0.15) is 18.1 Å². The first-order valence-electron chi connectivity index (χ1n) is 5.18. The molecule has 0 aliphatic carbocycles. The topological polar surface area (TPSA) is 66.4 Å². The number of aryl methyl sites for hydroxylation is 1. The summed E-state index contributed by atoms with van der Waals surface area (Å²) >= 11 is 0. The first kappa shape index (κ1) is 12.2. The Morgan fingerprint density at radius 1 is 1.19 bits per heavy atom. The van der Waals surface area contributed by atoms with Crippen molar-refractivity contribution in [3.05, 3.63) is 35.4 Å². The van der Waals surface area contributed by atoms with Crippen molar-refractivity contribution in [2.24, 2.45) is 0 Å². The molecular formula is C12H15NO3. The van der Waals surface area contributed by atoms with Gasteiger partial charge in [-0.3, -0.25) is 9.59 Å². The zero-order chi connectivity index (χ0) is 12.0. The summed E-state index contributed by atoms with van der Waals surface area (Å²) in [6, 6.07) is 7.72. The van der Waals surface area contributed by atoms with Gasteiger partial charge in [-0.15, -0.1) is 0 Å². The average Bonchev–Trinajstić information content (AvgIpc) is 2.27. The minimum atomic E-state index is -1.03. The van der Waals surface area contributed by atoms with E-state index >= 15 is 0 Å². The Morgan fingerprint density at radius 2 is 1.75 bits per heavy atom. The van der Waals surface area contributed by atoms with Crippen LogP contribution in [-0.2, 0) is 22.4 Å². The Morgan fingerprint density at radius 3 is 2.25 bits per heavy atom. The number of nitrogens with one attached hydrogen (secondary N) is 1. The second kappa shape index (κ2) is 5.90. The highest BCUT2D eigenvalue weighted by Crippen LogP contribution is 2.05. The second-order valence-corrected chi connectivity index (χ2v) is 3.52. The Kier molecular flexibility index (Phi) is 4.51. The Hall–Kier alpha value is -1.84. The summed E-state index contributed by atoms with van der Waals surface area (Å²) in [4.78, 5) is 21.5. The van der Waals surface area contributed by atoms with E-state index in [1.165, 1.54) is 5.56 Å². The number of carbonyl (C=O) groups excluding carboxylic acids is 1. The molecule has 0 heterocycles. The molecule has 0 radical (unpaired) electrons. The fourth-order valence-electron chi connectivity index (χ4n) is 1.31. The molecule has 0 atom stereocenters. The van der Waals surface area contributed by atoms with Gasteiger partial charge in [0.15, 0.2) is 0 Å². The van der Waals surface area contributed by atoms with Crippen LogP contribution in [0, 0.1) is 0 Å². The lowest BCUT2D eigenvalue weighted by Gasteiger charge is -2.03. The van der Waals surface area contributed by atoms with Crippen molar-refractivity contribution in [1.82, 2.24) is 5.32 Å². The SMILES string of the molecule is CCc1ccc(CC(=O)NCC(=O)O)cc1. The van der Waals surface area contributed by atoms with E-state index < -0.39 is 5.97 Å². The summed E-state index contributed by atoms with van der Waals surface area (Å²) in [5.41, 5.74) is 2.11. The quantitative estimate of drug-likeness (QED) is 0.779. The van der Waals surface area contributed by atoms with E-state index in [0.717, 1.165) is 12.0 Å². The van der Waals surface area contributed by atoms with Crippen LogP contribution in [0.25, 0.3) is 0 Å². The maximum absolute atomic E-state index is 11.3. The smallest absolute Gasteiger partial charge is 0.322 e. The fraction of sp³-hybridized carbons (Fsp3) is 0.333. The molecule has 1 amide bonds. The standard InChI is InChI=1S/C12H15NO3/c1-2-9-3-5-10(6-4-9)7-11(14)13-8-12(15)16/h3-6H,2,7-8H2,1H3,(H,13,14)(H,15,16). The van der Waals surface area contributed by atoms with Crippen molar-refractivity contribution >= 4 is 11.9 Å². The van der Waals surface area contributed by atoms with E-state index in [4.69, 9.17) is 5.11 Å². The van der Waals surface area contributed by atoms with Crippen molar-refractivity contribution in [3.63, 3.8) is 0 Å². The first-order valence-corrected chi connectivity index (χ1v) is 5.18. The monoisotopic (exact) mass is 221 g/mol. The molecule has 4 nitrogen and oxygen atoms in total. The predicted octanol–water partition coefficient (Wildman–Crippen LogP) is 0.992. The van der Waals surface area contributed by atoms with Crippen molar-refractivity contribution in [2.45, 2.75) is 19.8 Å². The summed E-state index contributed by atoms with van der Waals surface area (Å²) in [7, 11) is 0. The highest BCUT2D eigenvalue weighted by atomic mass is 16.4. The van der Waals surface area contributed by atoms with Gasteiger partial charge in [0.25, 0.3) is 0 Å². The van der Waals surface area contributed by atoms with Crippen LogP contribution in [0.2, 0.25) is 0 Å². The molecule has 0 aromatic heterocycles. The number of carboxylic acids is 1. The molecule has 0 saturated heterocycles. The van der Waals surface area contributed by atoms with Gasteiger partial charge >= 0.3 is 5.97 Å². The van der Waals surface area contributed by atoms with Gasteiger partial charge < -0.3 is 10.4 Å². The number of rotatable bonds is 5. The van der Waals surface area contributed by atoms with Crippen molar-refractivity contribution < 1.29 is 14.7 Å². The van der Waals surface area contributed by atoms with Crippen LogP contribution >= 0.6 is 0 Å². The molecular weight excluding hydrogens is 206 g/mol. The number of hydrogen-bond donors (Lipinski definition) is 2. The summed E-state index contributed by atoms with van der Waals surface area (Å²) in [6.45, 7) is 1.74. The van der Waals surface area contributed by atoms with Crippen LogP contribution in [0.4, 0.5) is 0 Å². The fourth-order valence-corrected chi connectivity index (χ4v) is 1.31. The number of carboxylic acid groups (broad SMARTS) is 1. The normalized spacial score (nSPS) is 9.81. The van der Waals surface area contributed by atoms with E-state index in [1.54, 1.807) is 0 Å². The van der Waals surface area contributed by atoms with Gasteiger partial charge in [-0.2, -0.15) is 0 Å². The van der Waals surface area contributed by atoms with E-state index in [2.05, 4.69) is 12.2 Å². The molecule has 0 fully saturated rings. The lowest BCUT2D eigenvalue weighted by Crippen LogP contribution is -2.30. The number of benzene rings is 1. The molecule has 86 valence electrons. The molecule has 0 bridgehead atoms. The van der Waals surface area contributed by atoms with Gasteiger partial charge in [-0.1, -0.05) is 31.2 Å². The third-order valence-electron chi connectivity index (χ3n) is 2.23. The molecule has 0 unspecified atom stereocenters. The number of carbonyl (C=O) groups is 2. The molecule has 0 aliphatic rings. The van der Waals surface area contributed by atoms with Gasteiger partial charge in [-0.05, 0) is 17.5 Å². The average molecular weight is 221 g/mol. The zero-order valence-electron chi connectivity index (χ0n) is 9.19. The second-order valence-electron chi connectivity index (χ2n) is 3.52. The van der Waals surface area contributed by atoms with E-state index in [0.29, 0.717) is 0 Å². The Bertz CT molecular complexity index is 370. The van der Waals surface area contributed by atoms with Crippen molar-refractivity contribution in [1.29, 1.82) is 0 Å². The van der Waals surface area contributed by atoms with E-state index in [1.807, 2.05) is 24.3 Å². The molecule has 0 saturated carbocycles. The summed E-state index contributed by atoms with van der Waals surface area (Å²) in [5.74, 6) is -1.30. The predicted molar refractivity (Wildman–Crippen MR) is 60.2 cm³/mol. The number of amides is 1. The minimum Gasteiger partial charge on any atom is -0.480 e. The van der Waals surface area contributed by atoms with Gasteiger partial charge in [0.05, 0.1) is 6.42 Å². The summed E-state index contributed by atoms with van der Waals surface area (Å²) < 4.78 is 0. The van der Waals surface area contributed by atoms with Crippen LogP contribution in [-0.4, -0.2) is 23.5 Å². The molecule has 0 aliphatic heterocycles. The molecule has 1 aromatic rings. The summed E-state index contributed by atoms with van der Waals surface area (Å²) in [5, 5.41) is 10.7. The van der Waals surface area contributed by atoms with Crippen LogP contribution in [0.3, 0.4) is 0 Å². The highest BCUT2D eigenvalue weighted by molar-refractivity contribution is 5.82. The lowest BCUT2D eigenvalue weighted by molar-refractivity contribution is -0.137. The largest absolute Gasteiger partial charge is 0.480 e. The first-order chi connectivity index (χ1) is 7.61. The molecule has 2 N–H and O–H groups in total. The maximum Gasteiger partial charge on any atom is 0.322 e. The Labute approximate surface area is 94.3 Å². The molecule has 4 heteroatoms. The molecule has 1 aromatic carbocycles. The zero-order valence-corrected chi connectivity index (χ0v) is 9.19. The number of hydrogen-bond acceptors (Lipinski definition) is 2. The van der Waals surface area contributed by atoms with Gasteiger partial charge in [0, 0.05) is 0 Å². The van der Waals surface area contributed by atoms with E-state index in [9.17, 15) is 9.59 Å². The Balaban J connectivity index is 2.46. The van der Waals surface area contributed by atoms with Crippen LogP contribution in [0.5, 0.6) is 0 Å². The van der Waals surface area contributed by atoms with Crippen molar-refractivity contribution in [3.8, 4) is 0 Å². The van der Waals surface area contributed by atoms with Gasteiger partial charge in [0.1, 0.15) is 6.54 Å². The third kappa shape index (κ3) is 4.13. The lowest BCUT2D eigenvalue weighted by atomic mass is 10.1. The molecule has 1 rings (SSSR count). The highest BCUT2D eigenvalue weighted by Gasteiger charge is 2.04. The van der Waals surface area contributed by atoms with Gasteiger partial charge in [-0.25, -0.2) is 0 Å².